The van der Waals surface area contributed by atoms with Gasteiger partial charge in [-0.2, -0.15) is 0 Å². The summed E-state index contributed by atoms with van der Waals surface area (Å²) in [5, 5.41) is 0.768. The van der Waals surface area contributed by atoms with Crippen molar-refractivity contribution in [3.05, 3.63) is 41.1 Å². The first kappa shape index (κ1) is 19.3. The van der Waals surface area contributed by atoms with Gasteiger partial charge in [0.05, 0.1) is 11.1 Å². The SMILES string of the molecule is CCc1nc2ccccc2c(C(=O)OCC(=O)N2[C@@H](C)CCC[C@@H]2C)c1C. The van der Waals surface area contributed by atoms with Crippen LogP contribution >= 0.6 is 0 Å². The normalized spacial score (nSPS) is 19.9. The predicted molar refractivity (Wildman–Crippen MR) is 106 cm³/mol. The first-order valence-corrected chi connectivity index (χ1v) is 9.80. The molecule has 1 fully saturated rings. The second-order valence-corrected chi connectivity index (χ2v) is 7.44. The summed E-state index contributed by atoms with van der Waals surface area (Å²) < 4.78 is 5.47. The number of likely N-dealkylation sites (tertiary alicyclic amines) is 1. The van der Waals surface area contributed by atoms with Crippen LogP contribution in [0.4, 0.5) is 0 Å². The molecule has 2 heterocycles. The monoisotopic (exact) mass is 368 g/mol. The van der Waals surface area contributed by atoms with Gasteiger partial charge in [0.1, 0.15) is 0 Å². The number of amides is 1. The molecule has 2 aromatic rings. The van der Waals surface area contributed by atoms with Crippen molar-refractivity contribution in [2.45, 2.75) is 65.5 Å². The lowest BCUT2D eigenvalue weighted by Crippen LogP contribution is -2.49. The van der Waals surface area contributed by atoms with E-state index < -0.39 is 5.97 Å². The van der Waals surface area contributed by atoms with Gasteiger partial charge in [-0.05, 0) is 58.1 Å². The summed E-state index contributed by atoms with van der Waals surface area (Å²) in [5.41, 5.74) is 3.00. The Bertz CT molecular complexity index is 852. The van der Waals surface area contributed by atoms with Crippen molar-refractivity contribution in [2.24, 2.45) is 0 Å². The van der Waals surface area contributed by atoms with E-state index in [0.29, 0.717) is 5.56 Å². The fourth-order valence-electron chi connectivity index (χ4n) is 4.15. The minimum atomic E-state index is -0.452. The van der Waals surface area contributed by atoms with Crippen LogP contribution in [0.25, 0.3) is 10.9 Å². The fraction of sp³-hybridized carbons (Fsp3) is 0.500. The minimum Gasteiger partial charge on any atom is -0.452 e. The Hall–Kier alpha value is -2.43. The molecule has 0 radical (unpaired) electrons. The number of aryl methyl sites for hydroxylation is 1. The van der Waals surface area contributed by atoms with Crippen LogP contribution in [0.15, 0.2) is 24.3 Å². The zero-order valence-corrected chi connectivity index (χ0v) is 16.6. The number of nitrogens with zero attached hydrogens (tertiary/aromatic N) is 2. The van der Waals surface area contributed by atoms with Crippen molar-refractivity contribution in [1.29, 1.82) is 0 Å². The van der Waals surface area contributed by atoms with Crippen molar-refractivity contribution in [2.75, 3.05) is 6.61 Å². The molecule has 0 unspecified atom stereocenters. The number of aromatic nitrogens is 1. The summed E-state index contributed by atoms with van der Waals surface area (Å²) in [6, 6.07) is 7.94. The van der Waals surface area contributed by atoms with Gasteiger partial charge < -0.3 is 9.64 Å². The molecule has 0 N–H and O–H groups in total. The molecular weight excluding hydrogens is 340 g/mol. The second-order valence-electron chi connectivity index (χ2n) is 7.44. The summed E-state index contributed by atoms with van der Waals surface area (Å²) in [4.78, 5) is 32.0. The molecule has 0 spiro atoms. The van der Waals surface area contributed by atoms with Crippen molar-refractivity contribution in [1.82, 2.24) is 9.88 Å². The summed E-state index contributed by atoms with van der Waals surface area (Å²) in [5.74, 6) is -0.568. The third-order valence-electron chi connectivity index (χ3n) is 5.58. The molecule has 1 aliphatic heterocycles. The maximum absolute atomic E-state index is 12.9. The molecule has 1 aromatic heterocycles. The van der Waals surface area contributed by atoms with Gasteiger partial charge in [0.2, 0.25) is 0 Å². The standard InChI is InChI=1S/C22H28N2O3/c1-5-18-16(4)21(17-11-6-7-12-19(17)23-18)22(26)27-13-20(25)24-14(2)9-8-10-15(24)3/h6-7,11-12,14-15H,5,8-10,13H2,1-4H3/t14-,15-/m0/s1. The Morgan fingerprint density at radius 1 is 1.19 bits per heavy atom. The van der Waals surface area contributed by atoms with Crippen LogP contribution < -0.4 is 0 Å². The van der Waals surface area contributed by atoms with Gasteiger partial charge >= 0.3 is 5.97 Å². The second kappa shape index (κ2) is 8.07. The highest BCUT2D eigenvalue weighted by atomic mass is 16.5. The predicted octanol–water partition coefficient (Wildman–Crippen LogP) is 4.05. The largest absolute Gasteiger partial charge is 0.452 e. The molecule has 0 bridgehead atoms. The summed E-state index contributed by atoms with van der Waals surface area (Å²) in [7, 11) is 0. The highest BCUT2D eigenvalue weighted by Crippen LogP contribution is 2.25. The molecule has 3 rings (SSSR count). The zero-order valence-electron chi connectivity index (χ0n) is 16.6. The van der Waals surface area contributed by atoms with E-state index in [9.17, 15) is 9.59 Å². The van der Waals surface area contributed by atoms with E-state index in [0.717, 1.165) is 47.8 Å². The number of carbonyl (C=O) groups excluding carboxylic acids is 2. The van der Waals surface area contributed by atoms with Crippen LogP contribution in [0.2, 0.25) is 0 Å². The number of pyridine rings is 1. The Morgan fingerprint density at radius 3 is 2.52 bits per heavy atom. The Balaban J connectivity index is 1.82. The van der Waals surface area contributed by atoms with E-state index in [1.165, 1.54) is 0 Å². The number of hydrogen-bond acceptors (Lipinski definition) is 4. The Morgan fingerprint density at radius 2 is 1.85 bits per heavy atom. The summed E-state index contributed by atoms with van der Waals surface area (Å²) in [6.45, 7) is 7.81. The summed E-state index contributed by atoms with van der Waals surface area (Å²) in [6.07, 6.45) is 3.86. The van der Waals surface area contributed by atoms with E-state index in [1.807, 2.05) is 43.0 Å². The molecule has 2 atom stereocenters. The van der Waals surface area contributed by atoms with Crippen LogP contribution in [-0.4, -0.2) is 40.5 Å². The highest BCUT2D eigenvalue weighted by Gasteiger charge is 2.30. The quantitative estimate of drug-likeness (QED) is 0.764. The smallest absolute Gasteiger partial charge is 0.339 e. The van der Waals surface area contributed by atoms with Crippen molar-refractivity contribution in [3.8, 4) is 0 Å². The van der Waals surface area contributed by atoms with E-state index in [-0.39, 0.29) is 24.6 Å². The van der Waals surface area contributed by atoms with Crippen molar-refractivity contribution >= 4 is 22.8 Å². The molecule has 1 aliphatic rings. The zero-order chi connectivity index (χ0) is 19.6. The van der Waals surface area contributed by atoms with Gasteiger partial charge in [-0.15, -0.1) is 0 Å². The number of piperidine rings is 1. The van der Waals surface area contributed by atoms with Gasteiger partial charge in [-0.25, -0.2) is 4.79 Å². The van der Waals surface area contributed by atoms with E-state index >= 15 is 0 Å². The van der Waals surface area contributed by atoms with Crippen molar-refractivity contribution < 1.29 is 14.3 Å². The van der Waals surface area contributed by atoms with Crippen LogP contribution in [0.1, 0.15) is 61.6 Å². The number of benzene rings is 1. The molecule has 1 saturated heterocycles. The average molecular weight is 368 g/mol. The fourth-order valence-corrected chi connectivity index (χ4v) is 4.15. The third-order valence-corrected chi connectivity index (χ3v) is 5.58. The molecule has 27 heavy (non-hydrogen) atoms. The lowest BCUT2D eigenvalue weighted by atomic mass is 9.97. The summed E-state index contributed by atoms with van der Waals surface area (Å²) >= 11 is 0. The van der Waals surface area contributed by atoms with Gasteiger partial charge in [0, 0.05) is 23.2 Å². The first-order valence-electron chi connectivity index (χ1n) is 9.80. The van der Waals surface area contributed by atoms with Gasteiger partial charge in [-0.3, -0.25) is 9.78 Å². The van der Waals surface area contributed by atoms with Gasteiger partial charge in [0.25, 0.3) is 5.91 Å². The maximum Gasteiger partial charge on any atom is 0.339 e. The minimum absolute atomic E-state index is 0.116. The number of carbonyl (C=O) groups is 2. The third kappa shape index (κ3) is 3.82. The van der Waals surface area contributed by atoms with Crippen LogP contribution in [0.5, 0.6) is 0 Å². The number of rotatable bonds is 4. The molecule has 1 aromatic carbocycles. The molecule has 0 saturated carbocycles. The molecule has 144 valence electrons. The average Bonchev–Trinajstić information content (AvgIpc) is 2.65. The van der Waals surface area contributed by atoms with E-state index in [2.05, 4.69) is 18.8 Å². The topological polar surface area (TPSA) is 59.5 Å². The van der Waals surface area contributed by atoms with Crippen LogP contribution in [-0.2, 0) is 16.0 Å². The maximum atomic E-state index is 12.9. The lowest BCUT2D eigenvalue weighted by Gasteiger charge is -2.38. The number of para-hydroxylation sites is 1. The highest BCUT2D eigenvalue weighted by molar-refractivity contribution is 6.05. The first-order chi connectivity index (χ1) is 12.9. The lowest BCUT2D eigenvalue weighted by molar-refractivity contribution is -0.140. The number of fused-ring (bicyclic) bond motifs is 1. The Labute approximate surface area is 160 Å². The molecule has 5 heteroatoms. The Kier molecular flexibility index (Phi) is 5.78. The molecular formula is C22H28N2O3. The molecule has 0 aliphatic carbocycles. The number of ether oxygens (including phenoxy) is 1. The van der Waals surface area contributed by atoms with Crippen molar-refractivity contribution in [3.63, 3.8) is 0 Å². The van der Waals surface area contributed by atoms with E-state index in [1.54, 1.807) is 0 Å². The van der Waals surface area contributed by atoms with E-state index in [4.69, 9.17) is 4.74 Å². The number of esters is 1. The molecule has 1 amide bonds. The molecule has 5 nitrogen and oxygen atoms in total. The van der Waals surface area contributed by atoms with Crippen LogP contribution in [0, 0.1) is 6.92 Å². The van der Waals surface area contributed by atoms with Gasteiger partial charge in [-0.1, -0.05) is 25.1 Å². The van der Waals surface area contributed by atoms with Gasteiger partial charge in [0.15, 0.2) is 6.61 Å². The number of hydrogen-bond donors (Lipinski definition) is 0. The van der Waals surface area contributed by atoms with Crippen LogP contribution in [0.3, 0.4) is 0 Å².